The Labute approximate surface area is 135 Å². The third-order valence-corrected chi connectivity index (χ3v) is 3.73. The summed E-state index contributed by atoms with van der Waals surface area (Å²) in [5.41, 5.74) is 5.54. The van der Waals surface area contributed by atoms with E-state index in [1.807, 2.05) is 20.8 Å². The number of nitrogens with zero attached hydrogens (tertiary/aromatic N) is 2. The van der Waals surface area contributed by atoms with Crippen molar-refractivity contribution in [1.82, 2.24) is 4.98 Å². The fourth-order valence-corrected chi connectivity index (χ4v) is 2.57. The predicted octanol–water partition coefficient (Wildman–Crippen LogP) is 2.20. The van der Waals surface area contributed by atoms with E-state index in [2.05, 4.69) is 4.98 Å². The van der Waals surface area contributed by atoms with Gasteiger partial charge in [0, 0.05) is 13.1 Å². The standard InChI is InChI=1S/C15H22ClN3O3/c1-14(2,3)22-13(20)19-6-5-9-7-10(15(4,21)8-17)18-12(16)11(9)19/h7,21H,5-6,8,17H2,1-4H3. The zero-order valence-electron chi connectivity index (χ0n) is 13.3. The fraction of sp³-hybridized carbons (Fsp3) is 0.600. The van der Waals surface area contributed by atoms with Crippen molar-refractivity contribution in [2.45, 2.75) is 45.3 Å². The number of aromatic nitrogens is 1. The summed E-state index contributed by atoms with van der Waals surface area (Å²) in [4.78, 5) is 17.9. The predicted molar refractivity (Wildman–Crippen MR) is 85.2 cm³/mol. The van der Waals surface area contributed by atoms with Crippen LogP contribution in [0.25, 0.3) is 0 Å². The highest BCUT2D eigenvalue weighted by atomic mass is 35.5. The number of ether oxygens (including phenoxy) is 1. The Bertz CT molecular complexity index is 596. The SMILES string of the molecule is CC(C)(C)OC(=O)N1CCc2cc(C(C)(O)CN)nc(Cl)c21. The van der Waals surface area contributed by atoms with E-state index >= 15 is 0 Å². The second kappa shape index (κ2) is 5.68. The maximum Gasteiger partial charge on any atom is 0.414 e. The molecule has 3 N–H and O–H groups in total. The molecule has 0 aromatic carbocycles. The number of anilines is 1. The minimum atomic E-state index is -1.25. The van der Waals surface area contributed by atoms with Crippen LogP contribution in [-0.2, 0) is 16.8 Å². The molecule has 7 heteroatoms. The van der Waals surface area contributed by atoms with Crippen LogP contribution in [0, 0.1) is 0 Å². The monoisotopic (exact) mass is 327 g/mol. The normalized spacial score (nSPS) is 17.1. The number of carbonyl (C=O) groups excluding carboxylic acids is 1. The van der Waals surface area contributed by atoms with Crippen molar-refractivity contribution in [3.8, 4) is 0 Å². The second-order valence-electron chi connectivity index (χ2n) is 6.67. The molecule has 1 amide bonds. The van der Waals surface area contributed by atoms with E-state index in [4.69, 9.17) is 22.1 Å². The summed E-state index contributed by atoms with van der Waals surface area (Å²) in [5.74, 6) is 0. The lowest BCUT2D eigenvalue weighted by Gasteiger charge is -2.26. The van der Waals surface area contributed by atoms with Crippen molar-refractivity contribution in [3.63, 3.8) is 0 Å². The first-order valence-electron chi connectivity index (χ1n) is 7.18. The van der Waals surface area contributed by atoms with Gasteiger partial charge in [0.15, 0.2) is 5.15 Å². The van der Waals surface area contributed by atoms with Gasteiger partial charge in [-0.25, -0.2) is 9.78 Å². The first-order chi connectivity index (χ1) is 10.0. The third-order valence-electron chi connectivity index (χ3n) is 3.47. The zero-order chi connectivity index (χ0) is 16.7. The summed E-state index contributed by atoms with van der Waals surface area (Å²) >= 11 is 6.24. The molecule has 1 atom stereocenters. The molecule has 6 nitrogen and oxygen atoms in total. The van der Waals surface area contributed by atoms with E-state index in [1.165, 1.54) is 4.90 Å². The van der Waals surface area contributed by atoms with Crippen molar-refractivity contribution in [2.75, 3.05) is 18.0 Å². The van der Waals surface area contributed by atoms with Crippen molar-refractivity contribution in [3.05, 3.63) is 22.5 Å². The molecule has 1 aromatic heterocycles. The Morgan fingerprint density at radius 1 is 1.50 bits per heavy atom. The van der Waals surface area contributed by atoms with Gasteiger partial charge in [-0.1, -0.05) is 11.6 Å². The van der Waals surface area contributed by atoms with Crippen molar-refractivity contribution in [1.29, 1.82) is 0 Å². The smallest absolute Gasteiger partial charge is 0.414 e. The molecular formula is C15H22ClN3O3. The van der Waals surface area contributed by atoms with Gasteiger partial charge in [0.05, 0.1) is 11.4 Å². The molecule has 2 heterocycles. The van der Waals surface area contributed by atoms with Gasteiger partial charge in [0.2, 0.25) is 0 Å². The summed E-state index contributed by atoms with van der Waals surface area (Å²) in [5, 5.41) is 10.4. The lowest BCUT2D eigenvalue weighted by molar-refractivity contribution is 0.0584. The van der Waals surface area contributed by atoms with Gasteiger partial charge in [-0.2, -0.15) is 0 Å². The molecule has 0 saturated carbocycles. The summed E-state index contributed by atoms with van der Waals surface area (Å²) < 4.78 is 5.38. The Hall–Kier alpha value is -1.37. The fourth-order valence-electron chi connectivity index (χ4n) is 2.26. The highest BCUT2D eigenvalue weighted by Gasteiger charge is 2.34. The summed E-state index contributed by atoms with van der Waals surface area (Å²) in [6.45, 7) is 7.51. The Balaban J connectivity index is 2.35. The van der Waals surface area contributed by atoms with Crippen molar-refractivity contribution >= 4 is 23.4 Å². The molecule has 0 spiro atoms. The number of fused-ring (bicyclic) bond motifs is 1. The van der Waals surface area contributed by atoms with Crippen LogP contribution in [0.1, 0.15) is 39.0 Å². The number of pyridine rings is 1. The number of hydrogen-bond donors (Lipinski definition) is 2. The Kier molecular flexibility index (Phi) is 4.39. The van der Waals surface area contributed by atoms with E-state index < -0.39 is 17.3 Å². The molecule has 0 radical (unpaired) electrons. The van der Waals surface area contributed by atoms with Crippen LogP contribution in [0.4, 0.5) is 10.5 Å². The zero-order valence-corrected chi connectivity index (χ0v) is 14.1. The first kappa shape index (κ1) is 17.0. The quantitative estimate of drug-likeness (QED) is 0.813. The summed E-state index contributed by atoms with van der Waals surface area (Å²) in [6, 6.07) is 1.75. The number of rotatable bonds is 2. The van der Waals surface area contributed by atoms with Crippen LogP contribution in [0.3, 0.4) is 0 Å². The number of carbonyl (C=O) groups is 1. The van der Waals surface area contributed by atoms with E-state index in [0.29, 0.717) is 24.3 Å². The Morgan fingerprint density at radius 2 is 2.14 bits per heavy atom. The summed E-state index contributed by atoms with van der Waals surface area (Å²) in [7, 11) is 0. The molecule has 1 aliphatic rings. The van der Waals surface area contributed by atoms with E-state index in [9.17, 15) is 9.90 Å². The van der Waals surface area contributed by atoms with Gasteiger partial charge < -0.3 is 15.6 Å². The number of aliphatic hydroxyl groups is 1. The average molecular weight is 328 g/mol. The lowest BCUT2D eigenvalue weighted by Crippen LogP contribution is -2.36. The molecule has 0 bridgehead atoms. The minimum absolute atomic E-state index is 0.0326. The Morgan fingerprint density at radius 3 is 2.68 bits per heavy atom. The topological polar surface area (TPSA) is 88.7 Å². The first-order valence-corrected chi connectivity index (χ1v) is 7.56. The van der Waals surface area contributed by atoms with Crippen LogP contribution in [0.15, 0.2) is 6.07 Å². The van der Waals surface area contributed by atoms with Gasteiger partial charge in [-0.15, -0.1) is 0 Å². The van der Waals surface area contributed by atoms with Crippen molar-refractivity contribution < 1.29 is 14.6 Å². The molecule has 2 rings (SSSR count). The number of halogens is 1. The maximum atomic E-state index is 12.3. The van der Waals surface area contributed by atoms with Crippen LogP contribution in [0.2, 0.25) is 5.15 Å². The van der Waals surface area contributed by atoms with Crippen LogP contribution in [0.5, 0.6) is 0 Å². The van der Waals surface area contributed by atoms with Gasteiger partial charge in [0.1, 0.15) is 11.2 Å². The molecule has 0 aliphatic carbocycles. The van der Waals surface area contributed by atoms with Crippen LogP contribution >= 0.6 is 11.6 Å². The number of nitrogens with two attached hydrogens (primary N) is 1. The number of amides is 1. The highest BCUT2D eigenvalue weighted by molar-refractivity contribution is 6.32. The molecule has 22 heavy (non-hydrogen) atoms. The molecule has 122 valence electrons. The molecule has 1 unspecified atom stereocenters. The summed E-state index contributed by atoms with van der Waals surface area (Å²) in [6.07, 6.45) is 0.179. The largest absolute Gasteiger partial charge is 0.443 e. The lowest BCUT2D eigenvalue weighted by atomic mass is 10.00. The van der Waals surface area contributed by atoms with Gasteiger partial charge in [0.25, 0.3) is 0 Å². The van der Waals surface area contributed by atoms with Crippen molar-refractivity contribution in [2.24, 2.45) is 5.73 Å². The maximum absolute atomic E-state index is 12.3. The van der Waals surface area contributed by atoms with Gasteiger partial charge in [-0.05, 0) is 45.7 Å². The van der Waals surface area contributed by atoms with E-state index in [-0.39, 0.29) is 11.7 Å². The minimum Gasteiger partial charge on any atom is -0.443 e. The highest BCUT2D eigenvalue weighted by Crippen LogP contribution is 2.37. The molecule has 1 aromatic rings. The second-order valence-corrected chi connectivity index (χ2v) is 7.02. The third kappa shape index (κ3) is 3.34. The van der Waals surface area contributed by atoms with Crippen LogP contribution < -0.4 is 10.6 Å². The molecule has 0 saturated heterocycles. The molecule has 0 fully saturated rings. The molecule has 1 aliphatic heterocycles. The average Bonchev–Trinajstić information content (AvgIpc) is 2.81. The van der Waals surface area contributed by atoms with Gasteiger partial charge in [-0.3, -0.25) is 4.90 Å². The van der Waals surface area contributed by atoms with E-state index in [1.54, 1.807) is 13.0 Å². The number of hydrogen-bond acceptors (Lipinski definition) is 5. The molecular weight excluding hydrogens is 306 g/mol. The van der Waals surface area contributed by atoms with Gasteiger partial charge >= 0.3 is 6.09 Å². The van der Waals surface area contributed by atoms with Crippen LogP contribution in [-0.4, -0.2) is 34.9 Å². The van der Waals surface area contributed by atoms with E-state index in [0.717, 1.165) is 5.56 Å².